The molecule has 1 aromatic heterocycles. The minimum absolute atomic E-state index is 0.509. The molecule has 0 aliphatic heterocycles. The minimum Gasteiger partial charge on any atom is -0.421 e. The SMILES string of the molecule is Cc1nnc(-c2cc(Cl)ccc2I)o1. The third-order valence-electron chi connectivity index (χ3n) is 1.68. The maximum absolute atomic E-state index is 5.88. The summed E-state index contributed by atoms with van der Waals surface area (Å²) >= 11 is 8.08. The van der Waals surface area contributed by atoms with Crippen molar-refractivity contribution >= 4 is 34.2 Å². The Morgan fingerprint density at radius 3 is 2.79 bits per heavy atom. The van der Waals surface area contributed by atoms with E-state index in [1.54, 1.807) is 6.92 Å². The van der Waals surface area contributed by atoms with Crippen molar-refractivity contribution in [3.8, 4) is 11.5 Å². The van der Waals surface area contributed by atoms with E-state index in [9.17, 15) is 0 Å². The lowest BCUT2D eigenvalue weighted by atomic mass is 10.2. The van der Waals surface area contributed by atoms with Crippen LogP contribution in [-0.4, -0.2) is 10.2 Å². The summed E-state index contributed by atoms with van der Waals surface area (Å²) < 4.78 is 6.36. The summed E-state index contributed by atoms with van der Waals surface area (Å²) in [7, 11) is 0. The summed E-state index contributed by atoms with van der Waals surface area (Å²) in [6, 6.07) is 5.56. The first-order valence-corrected chi connectivity index (χ1v) is 5.38. The number of nitrogens with zero attached hydrogens (tertiary/aromatic N) is 2. The van der Waals surface area contributed by atoms with Gasteiger partial charge in [-0.15, -0.1) is 10.2 Å². The standard InChI is InChI=1S/C9H6ClIN2O/c1-5-12-13-9(14-5)7-4-6(10)2-3-8(7)11/h2-4H,1H3. The highest BCUT2D eigenvalue weighted by Crippen LogP contribution is 2.26. The van der Waals surface area contributed by atoms with Crippen LogP contribution in [0.4, 0.5) is 0 Å². The molecule has 1 heterocycles. The maximum Gasteiger partial charge on any atom is 0.248 e. The Balaban J connectivity index is 2.55. The van der Waals surface area contributed by atoms with Gasteiger partial charge in [0.05, 0.1) is 5.56 Å². The first-order chi connectivity index (χ1) is 6.66. The summed E-state index contributed by atoms with van der Waals surface area (Å²) in [6.07, 6.45) is 0. The molecule has 72 valence electrons. The first-order valence-electron chi connectivity index (χ1n) is 3.92. The van der Waals surface area contributed by atoms with E-state index in [1.165, 1.54) is 0 Å². The number of aromatic nitrogens is 2. The van der Waals surface area contributed by atoms with Crippen LogP contribution in [0.1, 0.15) is 5.89 Å². The van der Waals surface area contributed by atoms with Gasteiger partial charge in [0.1, 0.15) is 0 Å². The molecule has 0 atom stereocenters. The monoisotopic (exact) mass is 320 g/mol. The van der Waals surface area contributed by atoms with Gasteiger partial charge in [0, 0.05) is 15.5 Å². The van der Waals surface area contributed by atoms with Gasteiger partial charge in [-0.1, -0.05) is 11.6 Å². The highest BCUT2D eigenvalue weighted by Gasteiger charge is 2.09. The van der Waals surface area contributed by atoms with Crippen LogP contribution in [0, 0.1) is 10.5 Å². The second-order valence-electron chi connectivity index (χ2n) is 2.75. The zero-order chi connectivity index (χ0) is 10.1. The van der Waals surface area contributed by atoms with E-state index in [0.717, 1.165) is 9.13 Å². The molecule has 0 N–H and O–H groups in total. The molecule has 0 spiro atoms. The molecule has 2 aromatic rings. The zero-order valence-corrected chi connectivity index (χ0v) is 10.2. The second kappa shape index (κ2) is 3.86. The Labute approximate surface area is 99.6 Å². The van der Waals surface area contributed by atoms with Crippen molar-refractivity contribution in [3.63, 3.8) is 0 Å². The molecule has 5 heteroatoms. The molecular weight excluding hydrogens is 314 g/mol. The molecule has 0 fully saturated rings. The normalized spacial score (nSPS) is 10.5. The van der Waals surface area contributed by atoms with Crippen molar-refractivity contribution in [2.24, 2.45) is 0 Å². The first kappa shape index (κ1) is 9.92. The third-order valence-corrected chi connectivity index (χ3v) is 2.86. The molecule has 0 saturated carbocycles. The Kier molecular flexibility index (Phi) is 2.73. The molecule has 0 aliphatic carbocycles. The zero-order valence-electron chi connectivity index (χ0n) is 7.29. The van der Waals surface area contributed by atoms with Gasteiger partial charge in [-0.05, 0) is 40.8 Å². The largest absolute Gasteiger partial charge is 0.421 e. The molecule has 0 radical (unpaired) electrons. The summed E-state index contributed by atoms with van der Waals surface area (Å²) in [5.41, 5.74) is 0.874. The van der Waals surface area contributed by atoms with Crippen LogP contribution >= 0.6 is 34.2 Å². The van der Waals surface area contributed by atoms with E-state index in [0.29, 0.717) is 16.8 Å². The molecule has 2 rings (SSSR count). The molecule has 0 unspecified atom stereocenters. The van der Waals surface area contributed by atoms with Crippen LogP contribution in [0.5, 0.6) is 0 Å². The van der Waals surface area contributed by atoms with Gasteiger partial charge in [0.15, 0.2) is 0 Å². The van der Waals surface area contributed by atoms with E-state index in [1.807, 2.05) is 18.2 Å². The molecular formula is C9H6ClIN2O. The number of halogens is 2. The van der Waals surface area contributed by atoms with Crippen LogP contribution in [0.15, 0.2) is 22.6 Å². The van der Waals surface area contributed by atoms with Crippen molar-refractivity contribution in [1.82, 2.24) is 10.2 Å². The second-order valence-corrected chi connectivity index (χ2v) is 4.35. The lowest BCUT2D eigenvalue weighted by Gasteiger charge is -1.98. The lowest BCUT2D eigenvalue weighted by molar-refractivity contribution is 0.532. The van der Waals surface area contributed by atoms with Gasteiger partial charge in [0.2, 0.25) is 11.8 Å². The third kappa shape index (κ3) is 1.90. The smallest absolute Gasteiger partial charge is 0.248 e. The predicted octanol–water partition coefficient (Wildman–Crippen LogP) is 3.30. The fourth-order valence-corrected chi connectivity index (χ4v) is 1.81. The van der Waals surface area contributed by atoms with Crippen molar-refractivity contribution in [2.75, 3.05) is 0 Å². The quantitative estimate of drug-likeness (QED) is 0.757. The van der Waals surface area contributed by atoms with Gasteiger partial charge in [-0.2, -0.15) is 0 Å². The number of aryl methyl sites for hydroxylation is 1. The van der Waals surface area contributed by atoms with Crippen LogP contribution in [-0.2, 0) is 0 Å². The molecule has 0 bridgehead atoms. The van der Waals surface area contributed by atoms with Gasteiger partial charge in [-0.25, -0.2) is 0 Å². The molecule has 0 saturated heterocycles. The Bertz CT molecular complexity index is 470. The molecule has 0 aliphatic rings. The molecule has 14 heavy (non-hydrogen) atoms. The van der Waals surface area contributed by atoms with Crippen LogP contribution < -0.4 is 0 Å². The number of hydrogen-bond donors (Lipinski definition) is 0. The predicted molar refractivity (Wildman–Crippen MR) is 62.2 cm³/mol. The number of hydrogen-bond acceptors (Lipinski definition) is 3. The fourth-order valence-electron chi connectivity index (χ4n) is 1.07. The number of benzene rings is 1. The van der Waals surface area contributed by atoms with Gasteiger partial charge in [0.25, 0.3) is 0 Å². The van der Waals surface area contributed by atoms with E-state index < -0.39 is 0 Å². The van der Waals surface area contributed by atoms with Crippen molar-refractivity contribution in [3.05, 3.63) is 32.7 Å². The average molecular weight is 321 g/mol. The molecule has 3 nitrogen and oxygen atoms in total. The lowest BCUT2D eigenvalue weighted by Crippen LogP contribution is -1.82. The van der Waals surface area contributed by atoms with Crippen molar-refractivity contribution < 1.29 is 4.42 Å². The van der Waals surface area contributed by atoms with E-state index in [4.69, 9.17) is 16.0 Å². The fraction of sp³-hybridized carbons (Fsp3) is 0.111. The minimum atomic E-state index is 0.509. The van der Waals surface area contributed by atoms with Crippen LogP contribution in [0.25, 0.3) is 11.5 Å². The van der Waals surface area contributed by atoms with Crippen LogP contribution in [0.3, 0.4) is 0 Å². The van der Waals surface area contributed by atoms with Crippen molar-refractivity contribution in [1.29, 1.82) is 0 Å². The molecule has 1 aromatic carbocycles. The van der Waals surface area contributed by atoms with Gasteiger partial charge < -0.3 is 4.42 Å². The highest BCUT2D eigenvalue weighted by molar-refractivity contribution is 14.1. The topological polar surface area (TPSA) is 38.9 Å². The van der Waals surface area contributed by atoms with Gasteiger partial charge in [-0.3, -0.25) is 0 Å². The molecule has 0 amide bonds. The summed E-state index contributed by atoms with van der Waals surface area (Å²) in [6.45, 7) is 1.76. The van der Waals surface area contributed by atoms with E-state index in [2.05, 4.69) is 32.8 Å². The van der Waals surface area contributed by atoms with E-state index in [-0.39, 0.29) is 0 Å². The number of rotatable bonds is 1. The Hall–Kier alpha value is -0.620. The summed E-state index contributed by atoms with van der Waals surface area (Å²) in [5.74, 6) is 1.06. The maximum atomic E-state index is 5.88. The summed E-state index contributed by atoms with van der Waals surface area (Å²) in [4.78, 5) is 0. The summed E-state index contributed by atoms with van der Waals surface area (Å²) in [5, 5.41) is 8.37. The Morgan fingerprint density at radius 2 is 2.14 bits per heavy atom. The van der Waals surface area contributed by atoms with E-state index >= 15 is 0 Å². The Morgan fingerprint density at radius 1 is 1.36 bits per heavy atom. The van der Waals surface area contributed by atoms with Gasteiger partial charge >= 0.3 is 0 Å². The van der Waals surface area contributed by atoms with Crippen molar-refractivity contribution in [2.45, 2.75) is 6.92 Å². The van der Waals surface area contributed by atoms with Crippen LogP contribution in [0.2, 0.25) is 5.02 Å². The average Bonchev–Trinajstić information content (AvgIpc) is 2.56. The highest BCUT2D eigenvalue weighted by atomic mass is 127.